The number of benzene rings is 1. The van der Waals surface area contributed by atoms with Crippen LogP contribution in [0.15, 0.2) is 36.5 Å². The van der Waals surface area contributed by atoms with Gasteiger partial charge in [0.2, 0.25) is 0 Å². The molecule has 1 saturated carbocycles. The zero-order chi connectivity index (χ0) is 17.2. The van der Waals surface area contributed by atoms with Gasteiger partial charge < -0.3 is 15.6 Å². The van der Waals surface area contributed by atoms with Crippen LogP contribution < -0.4 is 10.6 Å². The van der Waals surface area contributed by atoms with Crippen molar-refractivity contribution in [2.24, 2.45) is 0 Å². The van der Waals surface area contributed by atoms with Gasteiger partial charge in [0.05, 0.1) is 0 Å². The molecule has 6 nitrogen and oxygen atoms in total. The van der Waals surface area contributed by atoms with E-state index in [-0.39, 0.29) is 5.91 Å². The van der Waals surface area contributed by atoms with Gasteiger partial charge in [-0.25, -0.2) is 9.97 Å². The van der Waals surface area contributed by atoms with Crippen LogP contribution >= 0.6 is 0 Å². The van der Waals surface area contributed by atoms with Crippen LogP contribution in [0.2, 0.25) is 0 Å². The fourth-order valence-electron chi connectivity index (χ4n) is 2.93. The Morgan fingerprint density at radius 3 is 2.96 bits per heavy atom. The van der Waals surface area contributed by atoms with Gasteiger partial charge in [-0.3, -0.25) is 4.79 Å². The molecule has 1 aromatic carbocycles. The highest BCUT2D eigenvalue weighted by Gasteiger charge is 2.22. The molecule has 2 aromatic heterocycles. The molecule has 0 bridgehead atoms. The molecular weight excluding hydrogens is 314 g/mol. The van der Waals surface area contributed by atoms with E-state index in [1.54, 1.807) is 13.0 Å². The molecule has 1 aliphatic carbocycles. The number of nitrogens with one attached hydrogen (secondary N) is 3. The summed E-state index contributed by atoms with van der Waals surface area (Å²) in [7, 11) is 0. The molecule has 0 spiro atoms. The number of rotatable bonds is 6. The van der Waals surface area contributed by atoms with Crippen molar-refractivity contribution in [1.82, 2.24) is 20.3 Å². The van der Waals surface area contributed by atoms with Crippen LogP contribution in [0.3, 0.4) is 0 Å². The number of amides is 1. The predicted molar refractivity (Wildman–Crippen MR) is 97.7 cm³/mol. The lowest BCUT2D eigenvalue weighted by Gasteiger charge is -2.08. The maximum atomic E-state index is 12.4. The average Bonchev–Trinajstić information content (AvgIpc) is 3.32. The standard InChI is InChI=1S/C19H21N5O/c1-12-22-17(10-18(23-12)24-14-6-7-14)19(25)20-9-8-13-11-21-16-5-3-2-4-15(13)16/h2-5,10-11,14,21H,6-9H2,1H3,(H,20,25)(H,22,23,24). The van der Waals surface area contributed by atoms with Gasteiger partial charge in [-0.2, -0.15) is 0 Å². The zero-order valence-corrected chi connectivity index (χ0v) is 14.2. The van der Waals surface area contributed by atoms with Gasteiger partial charge in [-0.05, 0) is 37.8 Å². The van der Waals surface area contributed by atoms with Crippen molar-refractivity contribution in [2.45, 2.75) is 32.2 Å². The Hall–Kier alpha value is -2.89. The smallest absolute Gasteiger partial charge is 0.270 e. The van der Waals surface area contributed by atoms with Crippen molar-refractivity contribution in [3.63, 3.8) is 0 Å². The molecule has 6 heteroatoms. The summed E-state index contributed by atoms with van der Waals surface area (Å²) in [5.41, 5.74) is 2.73. The topological polar surface area (TPSA) is 82.7 Å². The highest BCUT2D eigenvalue weighted by Crippen LogP contribution is 2.24. The fourth-order valence-corrected chi connectivity index (χ4v) is 2.93. The number of aromatic amines is 1. The van der Waals surface area contributed by atoms with E-state index >= 15 is 0 Å². The van der Waals surface area contributed by atoms with Crippen LogP contribution in [-0.2, 0) is 6.42 Å². The fraction of sp³-hybridized carbons (Fsp3) is 0.316. The average molecular weight is 335 g/mol. The Kier molecular flexibility index (Phi) is 4.09. The number of hydrogen-bond acceptors (Lipinski definition) is 4. The Labute approximate surface area is 146 Å². The summed E-state index contributed by atoms with van der Waals surface area (Å²) in [6.07, 6.45) is 5.10. The molecule has 2 heterocycles. The maximum absolute atomic E-state index is 12.4. The molecule has 0 aliphatic heterocycles. The number of carbonyl (C=O) groups excluding carboxylic acids is 1. The number of nitrogens with zero attached hydrogens (tertiary/aromatic N) is 2. The van der Waals surface area contributed by atoms with Crippen molar-refractivity contribution in [2.75, 3.05) is 11.9 Å². The first-order chi connectivity index (χ1) is 12.2. The van der Waals surface area contributed by atoms with Gasteiger partial charge in [0.15, 0.2) is 0 Å². The number of para-hydroxylation sites is 1. The van der Waals surface area contributed by atoms with Crippen molar-refractivity contribution >= 4 is 22.6 Å². The Balaban J connectivity index is 1.39. The number of aryl methyl sites for hydroxylation is 1. The Morgan fingerprint density at radius 1 is 1.28 bits per heavy atom. The molecule has 1 aliphatic rings. The molecule has 0 unspecified atom stereocenters. The molecular formula is C19H21N5O. The number of hydrogen-bond donors (Lipinski definition) is 3. The van der Waals surface area contributed by atoms with Crippen LogP contribution in [0.4, 0.5) is 5.82 Å². The largest absolute Gasteiger partial charge is 0.367 e. The summed E-state index contributed by atoms with van der Waals surface area (Å²) in [6.45, 7) is 2.37. The van der Waals surface area contributed by atoms with Gasteiger partial charge in [-0.15, -0.1) is 0 Å². The molecule has 25 heavy (non-hydrogen) atoms. The van der Waals surface area contributed by atoms with Crippen molar-refractivity contribution in [3.8, 4) is 0 Å². The lowest BCUT2D eigenvalue weighted by Crippen LogP contribution is -2.27. The predicted octanol–water partition coefficient (Wildman–Crippen LogP) is 2.81. The third-order valence-electron chi connectivity index (χ3n) is 4.35. The minimum absolute atomic E-state index is 0.163. The minimum Gasteiger partial charge on any atom is -0.367 e. The molecule has 0 radical (unpaired) electrons. The number of aromatic nitrogens is 3. The van der Waals surface area contributed by atoms with Crippen LogP contribution in [0.5, 0.6) is 0 Å². The van der Waals surface area contributed by atoms with Crippen LogP contribution in [0.25, 0.3) is 10.9 Å². The summed E-state index contributed by atoms with van der Waals surface area (Å²) in [5, 5.41) is 7.47. The van der Waals surface area contributed by atoms with E-state index in [0.717, 1.165) is 30.6 Å². The van der Waals surface area contributed by atoms with Crippen LogP contribution in [-0.4, -0.2) is 33.4 Å². The lowest BCUT2D eigenvalue weighted by atomic mass is 10.1. The van der Waals surface area contributed by atoms with E-state index in [0.29, 0.717) is 24.1 Å². The Morgan fingerprint density at radius 2 is 2.12 bits per heavy atom. The van der Waals surface area contributed by atoms with E-state index in [4.69, 9.17) is 0 Å². The molecule has 1 amide bonds. The second-order valence-corrected chi connectivity index (χ2v) is 6.47. The lowest BCUT2D eigenvalue weighted by molar-refractivity contribution is 0.0949. The molecule has 0 atom stereocenters. The summed E-state index contributed by atoms with van der Waals surface area (Å²) in [6, 6.07) is 10.4. The molecule has 0 saturated heterocycles. The van der Waals surface area contributed by atoms with Crippen LogP contribution in [0.1, 0.15) is 34.7 Å². The molecule has 3 N–H and O–H groups in total. The molecule has 4 rings (SSSR count). The summed E-state index contributed by atoms with van der Waals surface area (Å²) in [4.78, 5) is 24.3. The summed E-state index contributed by atoms with van der Waals surface area (Å²) < 4.78 is 0. The zero-order valence-electron chi connectivity index (χ0n) is 14.2. The first-order valence-corrected chi connectivity index (χ1v) is 8.64. The SMILES string of the molecule is Cc1nc(NC2CC2)cc(C(=O)NCCc2c[nH]c3ccccc23)n1. The van der Waals surface area contributed by atoms with Gasteiger partial charge >= 0.3 is 0 Å². The van der Waals surface area contributed by atoms with Crippen molar-refractivity contribution in [1.29, 1.82) is 0 Å². The summed E-state index contributed by atoms with van der Waals surface area (Å²) in [5.74, 6) is 1.17. The third-order valence-corrected chi connectivity index (χ3v) is 4.35. The second kappa shape index (κ2) is 6.55. The molecule has 3 aromatic rings. The van der Waals surface area contributed by atoms with E-state index < -0.39 is 0 Å². The third kappa shape index (κ3) is 3.63. The van der Waals surface area contributed by atoms with Gasteiger partial charge in [0, 0.05) is 35.8 Å². The monoisotopic (exact) mass is 335 g/mol. The van der Waals surface area contributed by atoms with Gasteiger partial charge in [-0.1, -0.05) is 18.2 Å². The van der Waals surface area contributed by atoms with Crippen LogP contribution in [0, 0.1) is 6.92 Å². The van der Waals surface area contributed by atoms with E-state index in [9.17, 15) is 4.79 Å². The number of carbonyl (C=O) groups is 1. The molecule has 128 valence electrons. The quantitative estimate of drug-likeness (QED) is 0.647. The van der Waals surface area contributed by atoms with Crippen molar-refractivity contribution in [3.05, 3.63) is 53.6 Å². The molecule has 1 fully saturated rings. The Bertz CT molecular complexity index is 913. The summed E-state index contributed by atoms with van der Waals surface area (Å²) >= 11 is 0. The number of fused-ring (bicyclic) bond motifs is 1. The minimum atomic E-state index is -0.163. The first kappa shape index (κ1) is 15.6. The van der Waals surface area contributed by atoms with E-state index in [1.165, 1.54) is 10.9 Å². The number of anilines is 1. The highest BCUT2D eigenvalue weighted by molar-refractivity contribution is 5.93. The van der Waals surface area contributed by atoms with Gasteiger partial charge in [0.25, 0.3) is 5.91 Å². The normalized spacial score (nSPS) is 13.8. The van der Waals surface area contributed by atoms with E-state index in [1.807, 2.05) is 18.3 Å². The first-order valence-electron chi connectivity index (χ1n) is 8.64. The van der Waals surface area contributed by atoms with Crippen molar-refractivity contribution < 1.29 is 4.79 Å². The second-order valence-electron chi connectivity index (χ2n) is 6.47. The number of H-pyrrole nitrogens is 1. The highest BCUT2D eigenvalue weighted by atomic mass is 16.1. The van der Waals surface area contributed by atoms with E-state index in [2.05, 4.69) is 37.7 Å². The van der Waals surface area contributed by atoms with Gasteiger partial charge in [0.1, 0.15) is 17.3 Å². The maximum Gasteiger partial charge on any atom is 0.270 e.